The van der Waals surface area contributed by atoms with Gasteiger partial charge < -0.3 is 19.9 Å². The Morgan fingerprint density at radius 3 is 2.53 bits per heavy atom. The Morgan fingerprint density at radius 1 is 1.10 bits per heavy atom. The molecule has 3 aliphatic heterocycles. The molecule has 4 rings (SSSR count). The predicted molar refractivity (Wildman–Crippen MR) is 107 cm³/mol. The average Bonchev–Trinajstić information content (AvgIpc) is 3.22. The van der Waals surface area contributed by atoms with Crippen LogP contribution < -0.4 is 10.8 Å². The molecule has 3 heterocycles. The number of hydroxylamine groups is 1. The van der Waals surface area contributed by atoms with Gasteiger partial charge in [-0.2, -0.15) is 0 Å². The van der Waals surface area contributed by atoms with Crippen LogP contribution in [0.4, 0.5) is 4.79 Å². The van der Waals surface area contributed by atoms with Gasteiger partial charge in [0.2, 0.25) is 11.8 Å². The molecule has 0 bridgehead atoms. The molecule has 4 atom stereocenters. The fourth-order valence-electron chi connectivity index (χ4n) is 4.46. The lowest BCUT2D eigenvalue weighted by Crippen LogP contribution is -2.60. The van der Waals surface area contributed by atoms with E-state index in [1.807, 2.05) is 18.2 Å². The number of piperidine rings is 1. The molecular weight excluding hydrogens is 388 g/mol. The minimum atomic E-state index is -0.818. The highest BCUT2D eigenvalue weighted by molar-refractivity contribution is 5.90. The Balaban J connectivity index is 1.39. The summed E-state index contributed by atoms with van der Waals surface area (Å²) in [5, 5.41) is 12.3. The first kappa shape index (κ1) is 20.6. The van der Waals surface area contributed by atoms with Gasteiger partial charge in [-0.1, -0.05) is 30.3 Å². The van der Waals surface area contributed by atoms with Gasteiger partial charge in [-0.15, -0.1) is 0 Å². The Labute approximate surface area is 175 Å². The second-order valence-corrected chi connectivity index (χ2v) is 8.23. The zero-order valence-corrected chi connectivity index (χ0v) is 16.8. The van der Waals surface area contributed by atoms with E-state index in [2.05, 4.69) is 17.4 Å². The van der Waals surface area contributed by atoms with E-state index in [1.165, 1.54) is 5.56 Å². The van der Waals surface area contributed by atoms with E-state index in [0.717, 1.165) is 12.8 Å². The lowest BCUT2D eigenvalue weighted by molar-refractivity contribution is -0.145. The summed E-state index contributed by atoms with van der Waals surface area (Å²) in [6.07, 6.45) is 1.09. The predicted octanol–water partition coefficient (Wildman–Crippen LogP) is 0.697. The molecule has 1 aromatic rings. The van der Waals surface area contributed by atoms with Crippen molar-refractivity contribution < 1.29 is 24.3 Å². The number of nitrogens with zero attached hydrogens (tertiary/aromatic N) is 2. The number of ether oxygens (including phenoxy) is 1. The molecule has 3 fully saturated rings. The largest absolute Gasteiger partial charge is 0.445 e. The first-order valence-electron chi connectivity index (χ1n) is 10.5. The van der Waals surface area contributed by atoms with Crippen LogP contribution in [0.25, 0.3) is 0 Å². The number of carbonyl (C=O) groups excluding carboxylic acids is 3. The topological polar surface area (TPSA) is 111 Å². The number of carbonyl (C=O) groups is 3. The van der Waals surface area contributed by atoms with E-state index >= 15 is 0 Å². The van der Waals surface area contributed by atoms with Crippen LogP contribution >= 0.6 is 0 Å². The molecule has 3 N–H and O–H groups in total. The molecule has 3 amide bonds. The number of hydrogen-bond acceptors (Lipinski definition) is 6. The molecule has 0 radical (unpaired) electrons. The number of amides is 3. The summed E-state index contributed by atoms with van der Waals surface area (Å²) < 4.78 is 5.49. The molecule has 9 heteroatoms. The van der Waals surface area contributed by atoms with Gasteiger partial charge in [0.25, 0.3) is 0 Å². The first-order valence-corrected chi connectivity index (χ1v) is 10.5. The molecule has 0 unspecified atom stereocenters. The molecule has 9 nitrogen and oxygen atoms in total. The lowest BCUT2D eigenvalue weighted by atomic mass is 9.87. The number of nitrogens with one attached hydrogen (secondary N) is 2. The number of hydrogen-bond donors (Lipinski definition) is 3. The Morgan fingerprint density at radius 2 is 1.87 bits per heavy atom. The highest BCUT2D eigenvalue weighted by atomic mass is 16.6. The van der Waals surface area contributed by atoms with E-state index in [1.54, 1.807) is 15.3 Å². The van der Waals surface area contributed by atoms with Gasteiger partial charge >= 0.3 is 6.09 Å². The number of rotatable bonds is 4. The Bertz CT molecular complexity index is 785. The summed E-state index contributed by atoms with van der Waals surface area (Å²) in [4.78, 5) is 40.9. The first-order chi connectivity index (χ1) is 14.6. The van der Waals surface area contributed by atoms with E-state index in [4.69, 9.17) is 4.74 Å². The Kier molecular flexibility index (Phi) is 6.19. The summed E-state index contributed by atoms with van der Waals surface area (Å²) in [5.74, 6) is -1.35. The van der Waals surface area contributed by atoms with Gasteiger partial charge in [-0.3, -0.25) is 14.8 Å². The van der Waals surface area contributed by atoms with Crippen LogP contribution in [0.2, 0.25) is 0 Å². The Hall–Kier alpha value is -2.65. The van der Waals surface area contributed by atoms with Crippen molar-refractivity contribution in [3.05, 3.63) is 35.9 Å². The van der Waals surface area contributed by atoms with Crippen molar-refractivity contribution in [2.24, 2.45) is 5.92 Å². The van der Waals surface area contributed by atoms with E-state index in [9.17, 15) is 19.6 Å². The number of benzene rings is 1. The van der Waals surface area contributed by atoms with Crippen LogP contribution in [0.15, 0.2) is 30.3 Å². The fraction of sp³-hybridized carbons (Fsp3) is 0.571. The summed E-state index contributed by atoms with van der Waals surface area (Å²) >= 11 is 0. The normalized spacial score (nSPS) is 28.6. The average molecular weight is 416 g/mol. The van der Waals surface area contributed by atoms with Crippen LogP contribution in [0, 0.1) is 5.92 Å². The van der Waals surface area contributed by atoms with Gasteiger partial charge in [0.05, 0.1) is 12.0 Å². The smallest absolute Gasteiger partial charge is 0.410 e. The molecule has 1 aromatic carbocycles. The molecule has 162 valence electrons. The van der Waals surface area contributed by atoms with Gasteiger partial charge in [0.15, 0.2) is 0 Å². The second-order valence-electron chi connectivity index (χ2n) is 8.23. The molecule has 3 saturated heterocycles. The maximum absolute atomic E-state index is 13.2. The van der Waals surface area contributed by atoms with Gasteiger partial charge in [-0.05, 0) is 24.8 Å². The standard InChI is InChI=1S/C21H28N4O5/c26-19(23-29)17-11-16(30-21(28)24-8-4-9-24)12-22-18(17)20(27)25-10-7-15(13-25)14-5-2-1-3-6-14/h1-3,5-6,15-18,22,29H,4,7-13H2,(H,23,26)/t15-,16-,17-,18-/m0/s1. The molecule has 0 aliphatic carbocycles. The summed E-state index contributed by atoms with van der Waals surface area (Å²) in [5.41, 5.74) is 2.86. The summed E-state index contributed by atoms with van der Waals surface area (Å²) in [7, 11) is 0. The third-order valence-electron chi connectivity index (χ3n) is 6.35. The zero-order chi connectivity index (χ0) is 21.1. The van der Waals surface area contributed by atoms with Gasteiger partial charge in [0, 0.05) is 38.6 Å². The maximum Gasteiger partial charge on any atom is 0.410 e. The minimum Gasteiger partial charge on any atom is -0.445 e. The van der Waals surface area contributed by atoms with Crippen LogP contribution in [-0.4, -0.2) is 77.8 Å². The third kappa shape index (κ3) is 4.27. The molecule has 3 aliphatic rings. The lowest BCUT2D eigenvalue weighted by Gasteiger charge is -2.38. The van der Waals surface area contributed by atoms with Crippen LogP contribution in [0.3, 0.4) is 0 Å². The highest BCUT2D eigenvalue weighted by Gasteiger charge is 2.43. The van der Waals surface area contributed by atoms with Crippen molar-refractivity contribution in [1.29, 1.82) is 0 Å². The minimum absolute atomic E-state index is 0.158. The zero-order valence-electron chi connectivity index (χ0n) is 16.8. The van der Waals surface area contributed by atoms with Crippen LogP contribution in [0.1, 0.15) is 30.7 Å². The monoisotopic (exact) mass is 416 g/mol. The van der Waals surface area contributed by atoms with E-state index < -0.39 is 30.1 Å². The molecule has 0 spiro atoms. The SMILES string of the molecule is O=C(NO)[C@H]1C[C@H](OC(=O)N2CCC2)CN[C@@H]1C(=O)N1CC[C@H](c2ccccc2)C1. The van der Waals surface area contributed by atoms with Crippen LogP contribution in [0.5, 0.6) is 0 Å². The second kappa shape index (κ2) is 9.01. The van der Waals surface area contributed by atoms with E-state index in [0.29, 0.717) is 32.7 Å². The van der Waals surface area contributed by atoms with Crippen LogP contribution in [-0.2, 0) is 14.3 Å². The van der Waals surface area contributed by atoms with Gasteiger partial charge in [-0.25, -0.2) is 10.3 Å². The van der Waals surface area contributed by atoms with Crippen molar-refractivity contribution in [3.8, 4) is 0 Å². The molecule has 30 heavy (non-hydrogen) atoms. The summed E-state index contributed by atoms with van der Waals surface area (Å²) in [6, 6.07) is 9.33. The van der Waals surface area contributed by atoms with Crippen molar-refractivity contribution in [2.45, 2.75) is 37.3 Å². The molecule has 0 saturated carbocycles. The third-order valence-corrected chi connectivity index (χ3v) is 6.35. The molecule has 0 aromatic heterocycles. The highest BCUT2D eigenvalue weighted by Crippen LogP contribution is 2.29. The maximum atomic E-state index is 13.2. The van der Waals surface area contributed by atoms with Gasteiger partial charge in [0.1, 0.15) is 6.10 Å². The van der Waals surface area contributed by atoms with Crippen molar-refractivity contribution in [3.63, 3.8) is 0 Å². The number of likely N-dealkylation sites (tertiary alicyclic amines) is 2. The van der Waals surface area contributed by atoms with Crippen molar-refractivity contribution in [1.82, 2.24) is 20.6 Å². The summed E-state index contributed by atoms with van der Waals surface area (Å²) in [6.45, 7) is 2.87. The fourth-order valence-corrected chi connectivity index (χ4v) is 4.46. The quantitative estimate of drug-likeness (QED) is 0.492. The molecular formula is C21H28N4O5. The van der Waals surface area contributed by atoms with Crippen molar-refractivity contribution in [2.75, 3.05) is 32.7 Å². The van der Waals surface area contributed by atoms with E-state index in [-0.39, 0.29) is 18.2 Å². The van der Waals surface area contributed by atoms with Crippen molar-refractivity contribution >= 4 is 17.9 Å².